The van der Waals surface area contributed by atoms with E-state index in [1.165, 1.54) is 12.1 Å². The van der Waals surface area contributed by atoms with Gasteiger partial charge < -0.3 is 15.2 Å². The summed E-state index contributed by atoms with van der Waals surface area (Å²) < 4.78 is 13.5. The molecule has 0 saturated heterocycles. The van der Waals surface area contributed by atoms with Crippen LogP contribution in [0, 0.1) is 5.82 Å². The lowest BCUT2D eigenvalue weighted by molar-refractivity contribution is -0.123. The van der Waals surface area contributed by atoms with Crippen molar-refractivity contribution >= 4 is 16.8 Å². The Balaban J connectivity index is 1.75. The summed E-state index contributed by atoms with van der Waals surface area (Å²) in [5.41, 5.74) is 1.33. The lowest BCUT2D eigenvalue weighted by Gasteiger charge is -2.16. The minimum Gasteiger partial charge on any atom is -0.361 e. The molecule has 1 aliphatic rings. The van der Waals surface area contributed by atoms with E-state index in [-0.39, 0.29) is 11.7 Å². The standard InChI is InChI=1S/C17H22FN3O/c1-21(2)9-3-8-19-16(22)17(6-7-17)14-11-20-15-5-4-12(18)10-13(14)15/h4-5,10-11,20H,3,6-9H2,1-2H3,(H,19,22). The molecule has 22 heavy (non-hydrogen) atoms. The monoisotopic (exact) mass is 303 g/mol. The molecule has 118 valence electrons. The number of nitrogens with one attached hydrogen (secondary N) is 2. The van der Waals surface area contributed by atoms with Gasteiger partial charge in [0.25, 0.3) is 0 Å². The van der Waals surface area contributed by atoms with Gasteiger partial charge >= 0.3 is 0 Å². The normalized spacial score (nSPS) is 16.2. The molecule has 5 heteroatoms. The number of fused-ring (bicyclic) bond motifs is 1. The van der Waals surface area contributed by atoms with Crippen LogP contribution in [-0.2, 0) is 10.2 Å². The second kappa shape index (κ2) is 5.72. The summed E-state index contributed by atoms with van der Waals surface area (Å²) in [5, 5.41) is 3.86. The van der Waals surface area contributed by atoms with Crippen LogP contribution in [-0.4, -0.2) is 43.0 Å². The number of rotatable bonds is 6. The highest BCUT2D eigenvalue weighted by Crippen LogP contribution is 2.50. The number of H-pyrrole nitrogens is 1. The van der Waals surface area contributed by atoms with Gasteiger partial charge in [0.05, 0.1) is 5.41 Å². The zero-order chi connectivity index (χ0) is 15.7. The van der Waals surface area contributed by atoms with Crippen molar-refractivity contribution in [3.05, 3.63) is 35.8 Å². The first-order valence-electron chi connectivity index (χ1n) is 7.73. The highest BCUT2D eigenvalue weighted by atomic mass is 19.1. The molecule has 4 nitrogen and oxygen atoms in total. The molecule has 0 aliphatic heterocycles. The van der Waals surface area contributed by atoms with Crippen LogP contribution in [0.3, 0.4) is 0 Å². The zero-order valence-corrected chi connectivity index (χ0v) is 13.1. The molecule has 1 aliphatic carbocycles. The number of carbonyl (C=O) groups is 1. The van der Waals surface area contributed by atoms with E-state index < -0.39 is 5.41 Å². The molecule has 0 spiro atoms. The Morgan fingerprint density at radius 2 is 2.18 bits per heavy atom. The van der Waals surface area contributed by atoms with E-state index >= 15 is 0 Å². The summed E-state index contributed by atoms with van der Waals surface area (Å²) in [4.78, 5) is 17.8. The third-order valence-electron chi connectivity index (χ3n) is 4.41. The lowest BCUT2D eigenvalue weighted by atomic mass is 9.94. The highest BCUT2D eigenvalue weighted by Gasteiger charge is 2.52. The van der Waals surface area contributed by atoms with Crippen LogP contribution in [0.15, 0.2) is 24.4 Å². The van der Waals surface area contributed by atoms with Crippen LogP contribution in [0.2, 0.25) is 0 Å². The first kappa shape index (κ1) is 15.0. The first-order valence-corrected chi connectivity index (χ1v) is 7.73. The zero-order valence-electron chi connectivity index (χ0n) is 13.1. The van der Waals surface area contributed by atoms with Crippen molar-refractivity contribution in [3.63, 3.8) is 0 Å². The van der Waals surface area contributed by atoms with Crippen LogP contribution < -0.4 is 5.32 Å². The lowest BCUT2D eigenvalue weighted by Crippen LogP contribution is -2.36. The maximum Gasteiger partial charge on any atom is 0.230 e. The molecule has 1 fully saturated rings. The van der Waals surface area contributed by atoms with Gasteiger partial charge in [0, 0.05) is 23.6 Å². The smallest absolute Gasteiger partial charge is 0.230 e. The van der Waals surface area contributed by atoms with E-state index in [0.717, 1.165) is 42.3 Å². The minimum atomic E-state index is -0.468. The van der Waals surface area contributed by atoms with Crippen LogP contribution in [0.1, 0.15) is 24.8 Å². The Morgan fingerprint density at radius 3 is 2.86 bits per heavy atom. The number of nitrogens with zero attached hydrogens (tertiary/aromatic N) is 1. The van der Waals surface area contributed by atoms with Gasteiger partial charge in [-0.05, 0) is 63.7 Å². The summed E-state index contributed by atoms with van der Waals surface area (Å²) in [5.74, 6) is -0.202. The Hall–Kier alpha value is -1.88. The predicted molar refractivity (Wildman–Crippen MR) is 85.3 cm³/mol. The molecule has 1 aromatic heterocycles. The predicted octanol–water partition coefficient (Wildman–Crippen LogP) is 2.41. The molecule has 2 N–H and O–H groups in total. The molecule has 2 aromatic rings. The molecular weight excluding hydrogens is 281 g/mol. The summed E-state index contributed by atoms with van der Waals surface area (Å²) in [7, 11) is 4.04. The van der Waals surface area contributed by atoms with Crippen molar-refractivity contribution < 1.29 is 9.18 Å². The SMILES string of the molecule is CN(C)CCCNC(=O)C1(c2c[nH]c3ccc(F)cc23)CC1. The third-order valence-corrected chi connectivity index (χ3v) is 4.41. The van der Waals surface area contributed by atoms with Gasteiger partial charge in [0.15, 0.2) is 0 Å². The quantitative estimate of drug-likeness (QED) is 0.805. The van der Waals surface area contributed by atoms with Crippen molar-refractivity contribution in [1.82, 2.24) is 15.2 Å². The fraction of sp³-hybridized carbons (Fsp3) is 0.471. The average molecular weight is 303 g/mol. The molecule has 0 radical (unpaired) electrons. The molecule has 0 unspecified atom stereocenters. The molecule has 3 rings (SSSR count). The molecule has 1 heterocycles. The molecule has 1 aromatic carbocycles. The summed E-state index contributed by atoms with van der Waals surface area (Å²) in [6, 6.07) is 4.67. The Labute approximate surface area is 129 Å². The third kappa shape index (κ3) is 2.73. The van der Waals surface area contributed by atoms with E-state index in [1.54, 1.807) is 6.07 Å². The number of aromatic amines is 1. The van der Waals surface area contributed by atoms with Crippen LogP contribution in [0.25, 0.3) is 10.9 Å². The summed E-state index contributed by atoms with van der Waals surface area (Å²) in [6.45, 7) is 1.63. The second-order valence-corrected chi connectivity index (χ2v) is 6.39. The van der Waals surface area contributed by atoms with E-state index in [9.17, 15) is 9.18 Å². The van der Waals surface area contributed by atoms with Gasteiger partial charge in [0.1, 0.15) is 5.82 Å². The average Bonchev–Trinajstić information content (AvgIpc) is 3.18. The van der Waals surface area contributed by atoms with Crippen molar-refractivity contribution in [3.8, 4) is 0 Å². The fourth-order valence-electron chi connectivity index (χ4n) is 3.00. The van der Waals surface area contributed by atoms with Gasteiger partial charge in [-0.2, -0.15) is 0 Å². The number of hydrogen-bond donors (Lipinski definition) is 2. The van der Waals surface area contributed by atoms with Gasteiger partial charge in [-0.3, -0.25) is 4.79 Å². The molecule has 0 bridgehead atoms. The maximum atomic E-state index is 13.5. The largest absolute Gasteiger partial charge is 0.361 e. The fourth-order valence-corrected chi connectivity index (χ4v) is 3.00. The van der Waals surface area contributed by atoms with E-state index in [2.05, 4.69) is 15.2 Å². The molecule has 1 saturated carbocycles. The van der Waals surface area contributed by atoms with Crippen molar-refractivity contribution in [2.45, 2.75) is 24.7 Å². The summed E-state index contributed by atoms with van der Waals surface area (Å²) >= 11 is 0. The number of benzene rings is 1. The van der Waals surface area contributed by atoms with Crippen molar-refractivity contribution in [2.24, 2.45) is 0 Å². The van der Waals surface area contributed by atoms with E-state index in [4.69, 9.17) is 0 Å². The van der Waals surface area contributed by atoms with E-state index in [1.807, 2.05) is 20.3 Å². The Kier molecular flexibility index (Phi) is 3.91. The first-order chi connectivity index (χ1) is 10.5. The van der Waals surface area contributed by atoms with Crippen LogP contribution in [0.5, 0.6) is 0 Å². The maximum absolute atomic E-state index is 13.5. The van der Waals surface area contributed by atoms with Gasteiger partial charge in [-0.1, -0.05) is 0 Å². The topological polar surface area (TPSA) is 48.1 Å². The number of aromatic nitrogens is 1. The Morgan fingerprint density at radius 1 is 1.41 bits per heavy atom. The number of carbonyl (C=O) groups excluding carboxylic acids is 1. The summed E-state index contributed by atoms with van der Waals surface area (Å²) in [6.07, 6.45) is 4.44. The molecular formula is C17H22FN3O. The van der Waals surface area contributed by atoms with Gasteiger partial charge in [0.2, 0.25) is 5.91 Å². The Bertz CT molecular complexity index is 688. The van der Waals surface area contributed by atoms with Crippen molar-refractivity contribution in [1.29, 1.82) is 0 Å². The number of amides is 1. The van der Waals surface area contributed by atoms with Crippen LogP contribution >= 0.6 is 0 Å². The minimum absolute atomic E-state index is 0.0661. The highest BCUT2D eigenvalue weighted by molar-refractivity contribution is 5.97. The van der Waals surface area contributed by atoms with Crippen LogP contribution in [0.4, 0.5) is 4.39 Å². The number of hydrogen-bond acceptors (Lipinski definition) is 2. The number of halogens is 1. The second-order valence-electron chi connectivity index (χ2n) is 6.39. The van der Waals surface area contributed by atoms with E-state index in [0.29, 0.717) is 6.54 Å². The van der Waals surface area contributed by atoms with Gasteiger partial charge in [-0.15, -0.1) is 0 Å². The van der Waals surface area contributed by atoms with Crippen molar-refractivity contribution in [2.75, 3.05) is 27.2 Å². The van der Waals surface area contributed by atoms with Gasteiger partial charge in [-0.25, -0.2) is 4.39 Å². The molecule has 1 amide bonds. The molecule has 0 atom stereocenters.